The number of nitrogens with one attached hydrogen (secondary N) is 1. The van der Waals surface area contributed by atoms with E-state index < -0.39 is 35.8 Å². The third kappa shape index (κ3) is 2.18. The fourth-order valence-corrected chi connectivity index (χ4v) is 2.78. The van der Waals surface area contributed by atoms with E-state index in [-0.39, 0.29) is 21.8 Å². The topological polar surface area (TPSA) is 66.9 Å². The number of ketones is 1. The average molecular weight is 305 g/mol. The molecule has 1 aliphatic rings. The van der Waals surface area contributed by atoms with Gasteiger partial charge in [-0.15, -0.1) is 0 Å². The van der Waals surface area contributed by atoms with Crippen LogP contribution in [0.4, 0.5) is 18.9 Å². The van der Waals surface area contributed by atoms with E-state index >= 15 is 0 Å². The molecule has 0 spiro atoms. The Morgan fingerprint density at radius 3 is 2.50 bits per heavy atom. The summed E-state index contributed by atoms with van der Waals surface area (Å²) in [5, 5.41) is 6.74. The van der Waals surface area contributed by atoms with Gasteiger partial charge in [-0.2, -0.15) is 0 Å². The molecule has 0 aromatic heterocycles. The Hall–Kier alpha value is -1.56. The molecule has 0 aliphatic heterocycles. The van der Waals surface area contributed by atoms with Gasteiger partial charge in [0.15, 0.2) is 11.6 Å². The molecule has 3 N–H and O–H groups in total. The van der Waals surface area contributed by atoms with Crippen LogP contribution < -0.4 is 5.73 Å². The molecule has 1 saturated carbocycles. The lowest BCUT2D eigenvalue weighted by molar-refractivity contribution is -0.135. The summed E-state index contributed by atoms with van der Waals surface area (Å²) < 4.78 is 39.6. The van der Waals surface area contributed by atoms with Crippen molar-refractivity contribution in [1.82, 2.24) is 0 Å². The van der Waals surface area contributed by atoms with Gasteiger partial charge >= 0.3 is 0 Å². The molecule has 1 fully saturated rings. The molecular formula is C13H12ClF3N2O. The summed E-state index contributed by atoms with van der Waals surface area (Å²) in [6.45, 7) is 1.41. The minimum absolute atomic E-state index is 0.118. The summed E-state index contributed by atoms with van der Waals surface area (Å²) >= 11 is 5.65. The van der Waals surface area contributed by atoms with Crippen molar-refractivity contribution in [2.45, 2.75) is 25.7 Å². The lowest BCUT2D eigenvalue weighted by Crippen LogP contribution is -2.49. The van der Waals surface area contributed by atoms with E-state index in [0.29, 0.717) is 6.21 Å². The van der Waals surface area contributed by atoms with Crippen LogP contribution >= 0.6 is 11.6 Å². The summed E-state index contributed by atoms with van der Waals surface area (Å²) in [7, 11) is 0. The van der Waals surface area contributed by atoms with Crippen LogP contribution in [0.5, 0.6) is 0 Å². The Kier molecular flexibility index (Phi) is 3.32. The summed E-state index contributed by atoms with van der Waals surface area (Å²) in [6, 6.07) is 1.03. The maximum Gasteiger partial charge on any atom is 0.250 e. The number of carbonyl (C=O) groups is 1. The molecule has 1 aromatic rings. The van der Waals surface area contributed by atoms with Crippen molar-refractivity contribution in [3.05, 3.63) is 28.0 Å². The number of carbonyl (C=O) groups excluding carboxylic acids is 1. The van der Waals surface area contributed by atoms with E-state index in [9.17, 15) is 18.0 Å². The molecule has 1 aliphatic carbocycles. The highest BCUT2D eigenvalue weighted by Crippen LogP contribution is 2.53. The fourth-order valence-electron chi connectivity index (χ4n) is 2.56. The van der Waals surface area contributed by atoms with Crippen molar-refractivity contribution in [2.24, 2.45) is 5.41 Å². The number of hydrogen-bond donors (Lipinski definition) is 2. The predicted octanol–water partition coefficient (Wildman–Crippen LogP) is 3.68. The van der Waals surface area contributed by atoms with Gasteiger partial charge in [0.05, 0.1) is 16.3 Å². The van der Waals surface area contributed by atoms with Gasteiger partial charge in [0.2, 0.25) is 5.92 Å². The molecule has 0 atom stereocenters. The van der Waals surface area contributed by atoms with Crippen LogP contribution in [0.2, 0.25) is 5.02 Å². The summed E-state index contributed by atoms with van der Waals surface area (Å²) in [5.74, 6) is -4.38. The smallest absolute Gasteiger partial charge is 0.250 e. The second-order valence-electron chi connectivity index (χ2n) is 5.29. The standard InChI is InChI=1S/C13H12ClF3N2O/c1-12(4-13(16,17)5-12)11(20)6-2-8(14)9(15)7(3-18)10(6)19/h2-3,18H,4-5,19H2,1H3. The van der Waals surface area contributed by atoms with E-state index in [4.69, 9.17) is 22.7 Å². The number of anilines is 1. The van der Waals surface area contributed by atoms with Crippen LogP contribution in [-0.4, -0.2) is 17.9 Å². The van der Waals surface area contributed by atoms with E-state index in [0.717, 1.165) is 6.07 Å². The van der Waals surface area contributed by atoms with E-state index in [1.807, 2.05) is 0 Å². The summed E-state index contributed by atoms with van der Waals surface area (Å²) in [6.07, 6.45) is -0.509. The van der Waals surface area contributed by atoms with Gasteiger partial charge in [0.1, 0.15) is 0 Å². The Morgan fingerprint density at radius 2 is 2.05 bits per heavy atom. The maximum atomic E-state index is 13.6. The van der Waals surface area contributed by atoms with E-state index in [2.05, 4.69) is 0 Å². The second kappa shape index (κ2) is 4.48. The monoisotopic (exact) mass is 304 g/mol. The highest BCUT2D eigenvalue weighted by Gasteiger charge is 2.57. The molecule has 0 bridgehead atoms. The zero-order valence-electron chi connectivity index (χ0n) is 10.6. The van der Waals surface area contributed by atoms with Crippen LogP contribution in [0.15, 0.2) is 6.07 Å². The Labute approximate surface area is 118 Å². The van der Waals surface area contributed by atoms with Crippen molar-refractivity contribution < 1.29 is 18.0 Å². The Morgan fingerprint density at radius 1 is 1.50 bits per heavy atom. The molecular weight excluding hydrogens is 293 g/mol. The molecule has 0 unspecified atom stereocenters. The van der Waals surface area contributed by atoms with Gasteiger partial charge in [-0.25, -0.2) is 13.2 Å². The van der Waals surface area contributed by atoms with Crippen LogP contribution in [0.1, 0.15) is 35.7 Å². The maximum absolute atomic E-state index is 13.6. The van der Waals surface area contributed by atoms with Crippen LogP contribution in [0.25, 0.3) is 0 Å². The molecule has 0 amide bonds. The van der Waals surface area contributed by atoms with Gasteiger partial charge in [0, 0.05) is 30.0 Å². The summed E-state index contributed by atoms with van der Waals surface area (Å²) in [5.41, 5.74) is 3.74. The van der Waals surface area contributed by atoms with Crippen molar-refractivity contribution >= 4 is 29.3 Å². The number of nitrogens with two attached hydrogens (primary N) is 1. The first kappa shape index (κ1) is 14.8. The normalized spacial score (nSPS) is 19.2. The highest BCUT2D eigenvalue weighted by atomic mass is 35.5. The van der Waals surface area contributed by atoms with Gasteiger partial charge in [-0.1, -0.05) is 18.5 Å². The quantitative estimate of drug-likeness (QED) is 0.508. The minimum Gasteiger partial charge on any atom is -0.398 e. The average Bonchev–Trinajstić information content (AvgIpc) is 2.31. The first-order valence-corrected chi connectivity index (χ1v) is 6.20. The second-order valence-corrected chi connectivity index (χ2v) is 5.70. The predicted molar refractivity (Wildman–Crippen MR) is 70.3 cm³/mol. The molecule has 0 saturated heterocycles. The van der Waals surface area contributed by atoms with Gasteiger partial charge in [-0.05, 0) is 6.07 Å². The van der Waals surface area contributed by atoms with Crippen molar-refractivity contribution in [3.63, 3.8) is 0 Å². The third-order valence-electron chi connectivity index (χ3n) is 3.53. The Bertz CT molecular complexity index is 608. The van der Waals surface area contributed by atoms with Crippen LogP contribution in [-0.2, 0) is 0 Å². The van der Waals surface area contributed by atoms with Crippen LogP contribution in [0, 0.1) is 16.6 Å². The number of alkyl halides is 2. The molecule has 108 valence electrons. The van der Waals surface area contributed by atoms with Gasteiger partial charge < -0.3 is 11.1 Å². The van der Waals surface area contributed by atoms with Crippen molar-refractivity contribution in [1.29, 1.82) is 5.41 Å². The zero-order valence-corrected chi connectivity index (χ0v) is 11.3. The number of hydrogen-bond acceptors (Lipinski definition) is 3. The molecule has 7 heteroatoms. The minimum atomic E-state index is -2.87. The molecule has 0 heterocycles. The SMILES string of the molecule is CC1(C(=O)c2cc(Cl)c(F)c(C=N)c2N)CC(F)(F)C1. The molecule has 2 rings (SSSR count). The molecule has 3 nitrogen and oxygen atoms in total. The number of nitrogen functional groups attached to an aromatic ring is 1. The zero-order chi connectivity index (χ0) is 15.3. The molecule has 20 heavy (non-hydrogen) atoms. The van der Waals surface area contributed by atoms with E-state index in [1.54, 1.807) is 0 Å². The molecule has 1 aromatic carbocycles. The number of halogens is 4. The Balaban J connectivity index is 2.47. The highest BCUT2D eigenvalue weighted by molar-refractivity contribution is 6.32. The van der Waals surface area contributed by atoms with Crippen molar-refractivity contribution in [3.8, 4) is 0 Å². The summed E-state index contributed by atoms with van der Waals surface area (Å²) in [4.78, 5) is 12.3. The van der Waals surface area contributed by atoms with E-state index in [1.165, 1.54) is 6.92 Å². The number of rotatable bonds is 3. The van der Waals surface area contributed by atoms with Gasteiger partial charge in [0.25, 0.3) is 0 Å². The van der Waals surface area contributed by atoms with Crippen LogP contribution in [0.3, 0.4) is 0 Å². The lowest BCUT2D eigenvalue weighted by atomic mass is 9.63. The third-order valence-corrected chi connectivity index (χ3v) is 3.81. The molecule has 0 radical (unpaired) electrons. The first-order valence-electron chi connectivity index (χ1n) is 5.82. The van der Waals surface area contributed by atoms with Crippen molar-refractivity contribution in [2.75, 3.05) is 5.73 Å². The number of benzene rings is 1. The lowest BCUT2D eigenvalue weighted by Gasteiger charge is -2.43. The largest absolute Gasteiger partial charge is 0.398 e. The van der Waals surface area contributed by atoms with Gasteiger partial charge in [-0.3, -0.25) is 4.79 Å². The fraction of sp³-hybridized carbons (Fsp3) is 0.385. The first-order chi connectivity index (χ1) is 9.11. The number of Topliss-reactive ketones (excluding diaryl/α,β-unsaturated/α-hetero) is 1.